The maximum Gasteiger partial charge on any atom is 0.316 e. The fourth-order valence-electron chi connectivity index (χ4n) is 1.42. The second-order valence-corrected chi connectivity index (χ2v) is 4.57. The van der Waals surface area contributed by atoms with Crippen molar-refractivity contribution in [1.82, 2.24) is 9.97 Å². The number of hydrogen-bond acceptors (Lipinski definition) is 4. The van der Waals surface area contributed by atoms with Crippen LogP contribution in [0.25, 0.3) is 0 Å². The minimum atomic E-state index is -0.214. The highest BCUT2D eigenvalue weighted by atomic mass is 79.9. The summed E-state index contributed by atoms with van der Waals surface area (Å²) < 4.78 is 5.98. The molecule has 5 nitrogen and oxygen atoms in total. The molecular weight excluding hydrogens is 310 g/mol. The molecule has 0 bridgehead atoms. The SMILES string of the molecule is CCOc1ncc(NC(=O)c2cccc(Br)c2)cn1. The van der Waals surface area contributed by atoms with E-state index < -0.39 is 0 Å². The topological polar surface area (TPSA) is 64.1 Å². The van der Waals surface area contributed by atoms with Crippen molar-refractivity contribution in [2.24, 2.45) is 0 Å². The molecule has 1 N–H and O–H groups in total. The van der Waals surface area contributed by atoms with Crippen molar-refractivity contribution in [1.29, 1.82) is 0 Å². The van der Waals surface area contributed by atoms with Crippen LogP contribution in [0.15, 0.2) is 41.1 Å². The number of rotatable bonds is 4. The lowest BCUT2D eigenvalue weighted by molar-refractivity contribution is 0.102. The van der Waals surface area contributed by atoms with Crippen LogP contribution in [0.1, 0.15) is 17.3 Å². The second kappa shape index (κ2) is 6.29. The third kappa shape index (κ3) is 3.75. The summed E-state index contributed by atoms with van der Waals surface area (Å²) in [5.74, 6) is -0.214. The van der Waals surface area contributed by atoms with Gasteiger partial charge >= 0.3 is 6.01 Å². The molecule has 0 radical (unpaired) electrons. The Labute approximate surface area is 119 Å². The first kappa shape index (κ1) is 13.5. The third-order valence-electron chi connectivity index (χ3n) is 2.25. The summed E-state index contributed by atoms with van der Waals surface area (Å²) in [7, 11) is 0. The summed E-state index contributed by atoms with van der Waals surface area (Å²) in [6.07, 6.45) is 3.02. The number of carbonyl (C=O) groups is 1. The van der Waals surface area contributed by atoms with E-state index in [2.05, 4.69) is 31.2 Å². The maximum absolute atomic E-state index is 12.0. The smallest absolute Gasteiger partial charge is 0.316 e. The molecule has 0 unspecified atom stereocenters. The molecule has 1 amide bonds. The predicted octanol–water partition coefficient (Wildman–Crippen LogP) is 2.89. The highest BCUT2D eigenvalue weighted by Gasteiger charge is 2.07. The first-order valence-corrected chi connectivity index (χ1v) is 6.50. The number of halogens is 1. The largest absolute Gasteiger partial charge is 0.464 e. The molecular formula is C13H12BrN3O2. The molecule has 2 aromatic rings. The van der Waals surface area contributed by atoms with E-state index in [0.29, 0.717) is 23.9 Å². The minimum absolute atomic E-state index is 0.214. The van der Waals surface area contributed by atoms with Crippen LogP contribution >= 0.6 is 15.9 Å². The van der Waals surface area contributed by atoms with Crippen LogP contribution in [0.3, 0.4) is 0 Å². The second-order valence-electron chi connectivity index (χ2n) is 3.65. The Morgan fingerprint density at radius 2 is 2.11 bits per heavy atom. The van der Waals surface area contributed by atoms with Gasteiger partial charge in [0.05, 0.1) is 24.7 Å². The Morgan fingerprint density at radius 1 is 1.37 bits per heavy atom. The molecule has 0 atom stereocenters. The number of nitrogens with zero attached hydrogens (tertiary/aromatic N) is 2. The zero-order valence-electron chi connectivity index (χ0n) is 10.3. The van der Waals surface area contributed by atoms with Crippen LogP contribution in [-0.2, 0) is 0 Å². The summed E-state index contributed by atoms with van der Waals surface area (Å²) >= 11 is 3.32. The van der Waals surface area contributed by atoms with Gasteiger partial charge in [-0.2, -0.15) is 0 Å². The molecule has 0 aliphatic rings. The van der Waals surface area contributed by atoms with Crippen molar-refractivity contribution in [2.45, 2.75) is 6.92 Å². The number of anilines is 1. The van der Waals surface area contributed by atoms with Gasteiger partial charge in [0.1, 0.15) is 0 Å². The van der Waals surface area contributed by atoms with Crippen molar-refractivity contribution in [3.8, 4) is 6.01 Å². The third-order valence-corrected chi connectivity index (χ3v) is 2.74. The molecule has 0 aliphatic heterocycles. The Hall–Kier alpha value is -1.95. The van der Waals surface area contributed by atoms with E-state index in [1.165, 1.54) is 12.4 Å². The molecule has 2 rings (SSSR count). The van der Waals surface area contributed by atoms with Crippen molar-refractivity contribution in [2.75, 3.05) is 11.9 Å². The Balaban J connectivity index is 2.06. The fraction of sp³-hybridized carbons (Fsp3) is 0.154. The number of benzene rings is 1. The molecule has 6 heteroatoms. The van der Waals surface area contributed by atoms with Gasteiger partial charge < -0.3 is 10.1 Å². The van der Waals surface area contributed by atoms with Crippen molar-refractivity contribution in [3.05, 3.63) is 46.7 Å². The van der Waals surface area contributed by atoms with E-state index in [9.17, 15) is 4.79 Å². The van der Waals surface area contributed by atoms with Gasteiger partial charge in [0.15, 0.2) is 0 Å². The van der Waals surface area contributed by atoms with Crippen molar-refractivity contribution < 1.29 is 9.53 Å². The van der Waals surface area contributed by atoms with Gasteiger partial charge in [0.2, 0.25) is 0 Å². The van der Waals surface area contributed by atoms with Crippen molar-refractivity contribution in [3.63, 3.8) is 0 Å². The Morgan fingerprint density at radius 3 is 2.74 bits per heavy atom. The molecule has 1 heterocycles. The number of carbonyl (C=O) groups excluding carboxylic acids is 1. The highest BCUT2D eigenvalue weighted by Crippen LogP contribution is 2.14. The zero-order chi connectivity index (χ0) is 13.7. The lowest BCUT2D eigenvalue weighted by Gasteiger charge is -2.05. The van der Waals surface area contributed by atoms with Gasteiger partial charge in [-0.05, 0) is 25.1 Å². The highest BCUT2D eigenvalue weighted by molar-refractivity contribution is 9.10. The Kier molecular flexibility index (Phi) is 4.46. The van der Waals surface area contributed by atoms with Crippen LogP contribution in [0.2, 0.25) is 0 Å². The van der Waals surface area contributed by atoms with E-state index in [4.69, 9.17) is 4.74 Å². The number of hydrogen-bond donors (Lipinski definition) is 1. The van der Waals surface area contributed by atoms with Crippen LogP contribution in [0.5, 0.6) is 6.01 Å². The summed E-state index contributed by atoms with van der Waals surface area (Å²) in [4.78, 5) is 19.9. The molecule has 0 fully saturated rings. The number of ether oxygens (including phenoxy) is 1. The van der Waals surface area contributed by atoms with Gasteiger partial charge in [0.25, 0.3) is 5.91 Å². The Bertz CT molecular complexity index is 572. The van der Waals surface area contributed by atoms with E-state index in [1.807, 2.05) is 13.0 Å². The first-order chi connectivity index (χ1) is 9.19. The minimum Gasteiger partial charge on any atom is -0.464 e. The van der Waals surface area contributed by atoms with Crippen LogP contribution in [0.4, 0.5) is 5.69 Å². The van der Waals surface area contributed by atoms with Crippen LogP contribution in [-0.4, -0.2) is 22.5 Å². The number of aromatic nitrogens is 2. The molecule has 0 saturated heterocycles. The van der Waals surface area contributed by atoms with E-state index in [0.717, 1.165) is 4.47 Å². The van der Waals surface area contributed by atoms with Crippen molar-refractivity contribution >= 4 is 27.5 Å². The normalized spacial score (nSPS) is 10.0. The fourth-order valence-corrected chi connectivity index (χ4v) is 1.82. The number of amides is 1. The molecule has 0 saturated carbocycles. The molecule has 0 spiro atoms. The van der Waals surface area contributed by atoms with E-state index >= 15 is 0 Å². The quantitative estimate of drug-likeness (QED) is 0.940. The van der Waals surface area contributed by atoms with Crippen LogP contribution < -0.4 is 10.1 Å². The average Bonchev–Trinajstić information content (AvgIpc) is 2.41. The van der Waals surface area contributed by atoms with Gasteiger partial charge in [-0.25, -0.2) is 9.97 Å². The number of nitrogens with one attached hydrogen (secondary N) is 1. The summed E-state index contributed by atoms with van der Waals surface area (Å²) in [6, 6.07) is 7.42. The standard InChI is InChI=1S/C13H12BrN3O2/c1-2-19-13-15-7-11(8-16-13)17-12(18)9-4-3-5-10(14)6-9/h3-8H,2H2,1H3,(H,17,18). The van der Waals surface area contributed by atoms with Gasteiger partial charge in [-0.1, -0.05) is 22.0 Å². The monoisotopic (exact) mass is 321 g/mol. The molecule has 0 aliphatic carbocycles. The lowest BCUT2D eigenvalue weighted by Crippen LogP contribution is -2.12. The predicted molar refractivity (Wildman–Crippen MR) is 75.3 cm³/mol. The first-order valence-electron chi connectivity index (χ1n) is 5.71. The van der Waals surface area contributed by atoms with Gasteiger partial charge in [-0.15, -0.1) is 0 Å². The average molecular weight is 322 g/mol. The summed E-state index contributed by atoms with van der Waals surface area (Å²) in [5.41, 5.74) is 1.08. The molecule has 1 aromatic heterocycles. The molecule has 1 aromatic carbocycles. The summed E-state index contributed by atoms with van der Waals surface area (Å²) in [6.45, 7) is 2.36. The molecule has 19 heavy (non-hydrogen) atoms. The molecule has 98 valence electrons. The van der Waals surface area contributed by atoms with Gasteiger partial charge in [-0.3, -0.25) is 4.79 Å². The van der Waals surface area contributed by atoms with Gasteiger partial charge in [0, 0.05) is 10.0 Å². The zero-order valence-corrected chi connectivity index (χ0v) is 11.8. The van der Waals surface area contributed by atoms with E-state index in [1.54, 1.807) is 18.2 Å². The van der Waals surface area contributed by atoms with E-state index in [-0.39, 0.29) is 5.91 Å². The lowest BCUT2D eigenvalue weighted by atomic mass is 10.2. The maximum atomic E-state index is 12.0. The van der Waals surface area contributed by atoms with Crippen LogP contribution in [0, 0.1) is 0 Å². The summed E-state index contributed by atoms with van der Waals surface area (Å²) in [5, 5.41) is 2.71.